The van der Waals surface area contributed by atoms with E-state index in [-0.39, 0.29) is 17.8 Å². The lowest BCUT2D eigenvalue weighted by Crippen LogP contribution is -2.42. The lowest BCUT2D eigenvalue weighted by molar-refractivity contribution is -0.0226. The fourth-order valence-electron chi connectivity index (χ4n) is 3.12. The predicted molar refractivity (Wildman–Crippen MR) is 101 cm³/mol. The van der Waals surface area contributed by atoms with E-state index in [2.05, 4.69) is 0 Å². The fraction of sp³-hybridized carbons (Fsp3) is 0.190. The van der Waals surface area contributed by atoms with Gasteiger partial charge in [-0.3, -0.25) is 4.79 Å². The van der Waals surface area contributed by atoms with E-state index in [4.69, 9.17) is 4.74 Å². The van der Waals surface area contributed by atoms with Gasteiger partial charge in [0.2, 0.25) is 0 Å². The van der Waals surface area contributed by atoms with Gasteiger partial charge in [-0.15, -0.1) is 11.3 Å². The zero-order valence-electron chi connectivity index (χ0n) is 14.1. The molecule has 1 saturated heterocycles. The molecule has 1 amide bonds. The van der Waals surface area contributed by atoms with Crippen LogP contribution in [0.3, 0.4) is 0 Å². The monoisotopic (exact) mass is 367 g/mol. The summed E-state index contributed by atoms with van der Waals surface area (Å²) in [6.07, 6.45) is -0.111. The molecule has 1 aliphatic heterocycles. The molecular formula is C21H18FNO2S. The second-order valence-corrected chi connectivity index (χ2v) is 7.25. The minimum absolute atomic E-state index is 0.0261. The van der Waals surface area contributed by atoms with Crippen LogP contribution in [0.25, 0.3) is 10.4 Å². The Morgan fingerprint density at radius 2 is 1.81 bits per heavy atom. The first-order chi connectivity index (χ1) is 12.7. The lowest BCUT2D eigenvalue weighted by Gasteiger charge is -2.33. The van der Waals surface area contributed by atoms with Crippen LogP contribution in [-0.2, 0) is 4.74 Å². The molecule has 1 aromatic heterocycles. The van der Waals surface area contributed by atoms with E-state index in [1.807, 2.05) is 41.3 Å². The molecule has 2 aromatic carbocycles. The summed E-state index contributed by atoms with van der Waals surface area (Å²) in [7, 11) is 0. The van der Waals surface area contributed by atoms with Crippen molar-refractivity contribution in [3.8, 4) is 10.4 Å². The van der Waals surface area contributed by atoms with E-state index in [1.54, 1.807) is 24.3 Å². The molecule has 4 rings (SSSR count). The van der Waals surface area contributed by atoms with E-state index >= 15 is 0 Å². The molecule has 1 atom stereocenters. The number of morpholine rings is 1. The van der Waals surface area contributed by atoms with Gasteiger partial charge in [0.25, 0.3) is 5.91 Å². The van der Waals surface area contributed by atoms with Crippen molar-refractivity contribution in [3.05, 3.63) is 83.0 Å². The summed E-state index contributed by atoms with van der Waals surface area (Å²) in [5, 5.41) is 0. The van der Waals surface area contributed by atoms with Crippen LogP contribution in [0.1, 0.15) is 21.3 Å². The third kappa shape index (κ3) is 3.41. The average molecular weight is 367 g/mol. The number of carbonyl (C=O) groups is 1. The molecule has 3 nitrogen and oxygen atoms in total. The van der Waals surface area contributed by atoms with Crippen LogP contribution in [0, 0.1) is 5.82 Å². The highest BCUT2D eigenvalue weighted by atomic mass is 32.1. The Morgan fingerprint density at radius 1 is 1.04 bits per heavy atom. The van der Waals surface area contributed by atoms with Crippen molar-refractivity contribution in [1.29, 1.82) is 0 Å². The van der Waals surface area contributed by atoms with Crippen molar-refractivity contribution in [1.82, 2.24) is 4.90 Å². The summed E-state index contributed by atoms with van der Waals surface area (Å²) in [5.74, 6) is -0.300. The molecule has 1 aliphatic rings. The molecule has 3 aromatic rings. The zero-order chi connectivity index (χ0) is 17.9. The molecular weight excluding hydrogens is 349 g/mol. The first-order valence-electron chi connectivity index (χ1n) is 8.53. The van der Waals surface area contributed by atoms with E-state index in [0.717, 1.165) is 10.4 Å². The van der Waals surface area contributed by atoms with Gasteiger partial charge in [0, 0.05) is 17.0 Å². The van der Waals surface area contributed by atoms with Crippen LogP contribution in [0.15, 0.2) is 66.7 Å². The molecule has 26 heavy (non-hydrogen) atoms. The quantitative estimate of drug-likeness (QED) is 0.667. The number of nitrogens with zero attached hydrogens (tertiary/aromatic N) is 1. The standard InChI is InChI=1S/C21H18FNO2S/c22-17-9-5-4-8-16(17)19-10-11-20(26-19)21(24)23-12-13-25-18(14-23)15-6-2-1-3-7-15/h1-11,18H,12-14H2. The molecule has 0 spiro atoms. The maximum atomic E-state index is 14.0. The van der Waals surface area contributed by atoms with Crippen molar-refractivity contribution in [2.75, 3.05) is 19.7 Å². The molecule has 5 heteroatoms. The number of amides is 1. The van der Waals surface area contributed by atoms with Crippen LogP contribution in [0.2, 0.25) is 0 Å². The van der Waals surface area contributed by atoms with Crippen LogP contribution in [0.5, 0.6) is 0 Å². The van der Waals surface area contributed by atoms with Crippen molar-refractivity contribution in [3.63, 3.8) is 0 Å². The lowest BCUT2D eigenvalue weighted by atomic mass is 10.1. The van der Waals surface area contributed by atoms with Crippen LogP contribution in [0.4, 0.5) is 4.39 Å². The van der Waals surface area contributed by atoms with E-state index in [0.29, 0.717) is 30.1 Å². The van der Waals surface area contributed by atoms with E-state index in [1.165, 1.54) is 17.4 Å². The number of benzene rings is 2. The van der Waals surface area contributed by atoms with Gasteiger partial charge in [0.15, 0.2) is 0 Å². The maximum Gasteiger partial charge on any atom is 0.264 e. The van der Waals surface area contributed by atoms with Crippen LogP contribution in [-0.4, -0.2) is 30.5 Å². The molecule has 132 valence electrons. The van der Waals surface area contributed by atoms with Crippen molar-refractivity contribution >= 4 is 17.2 Å². The number of carbonyl (C=O) groups excluding carboxylic acids is 1. The number of ether oxygens (including phenoxy) is 1. The van der Waals surface area contributed by atoms with E-state index in [9.17, 15) is 9.18 Å². The molecule has 0 bridgehead atoms. The molecule has 0 saturated carbocycles. The minimum atomic E-state index is -0.274. The zero-order valence-corrected chi connectivity index (χ0v) is 14.9. The Bertz CT molecular complexity index is 909. The molecule has 0 aliphatic carbocycles. The third-order valence-electron chi connectivity index (χ3n) is 4.48. The van der Waals surface area contributed by atoms with Crippen molar-refractivity contribution in [2.24, 2.45) is 0 Å². The smallest absolute Gasteiger partial charge is 0.264 e. The molecule has 0 N–H and O–H groups in total. The Labute approximate surface area is 155 Å². The molecule has 1 unspecified atom stereocenters. The third-order valence-corrected chi connectivity index (χ3v) is 5.59. The summed E-state index contributed by atoms with van der Waals surface area (Å²) in [6, 6.07) is 20.2. The number of halogens is 1. The highest BCUT2D eigenvalue weighted by Gasteiger charge is 2.27. The Morgan fingerprint density at radius 3 is 2.62 bits per heavy atom. The Hall–Kier alpha value is -2.50. The fourth-order valence-corrected chi connectivity index (χ4v) is 4.12. The Kier molecular flexibility index (Phi) is 4.82. The van der Waals surface area contributed by atoms with Crippen LogP contribution < -0.4 is 0 Å². The minimum Gasteiger partial charge on any atom is -0.370 e. The summed E-state index contributed by atoms with van der Waals surface area (Å²) in [4.78, 5) is 16.1. The first-order valence-corrected chi connectivity index (χ1v) is 9.34. The van der Waals surface area contributed by atoms with Gasteiger partial charge >= 0.3 is 0 Å². The van der Waals surface area contributed by atoms with Crippen LogP contribution >= 0.6 is 11.3 Å². The first kappa shape index (κ1) is 16.9. The number of thiophene rings is 1. The van der Waals surface area contributed by atoms with Gasteiger partial charge in [-0.2, -0.15) is 0 Å². The van der Waals surface area contributed by atoms with Gasteiger partial charge in [-0.25, -0.2) is 4.39 Å². The predicted octanol–water partition coefficient (Wildman–Crippen LogP) is 4.77. The number of rotatable bonds is 3. The van der Waals surface area contributed by atoms with Gasteiger partial charge in [0.1, 0.15) is 11.9 Å². The maximum absolute atomic E-state index is 14.0. The summed E-state index contributed by atoms with van der Waals surface area (Å²) in [5.41, 5.74) is 1.60. The molecule has 0 radical (unpaired) electrons. The second-order valence-electron chi connectivity index (χ2n) is 6.17. The van der Waals surface area contributed by atoms with Gasteiger partial charge in [0.05, 0.1) is 18.0 Å². The average Bonchev–Trinajstić information content (AvgIpc) is 3.18. The van der Waals surface area contributed by atoms with Crippen molar-refractivity contribution < 1.29 is 13.9 Å². The highest BCUT2D eigenvalue weighted by molar-refractivity contribution is 7.17. The number of hydrogen-bond acceptors (Lipinski definition) is 3. The summed E-state index contributed by atoms with van der Waals surface area (Å²) >= 11 is 1.33. The summed E-state index contributed by atoms with van der Waals surface area (Å²) < 4.78 is 19.8. The Balaban J connectivity index is 1.52. The molecule has 2 heterocycles. The van der Waals surface area contributed by atoms with Gasteiger partial charge in [-0.05, 0) is 23.8 Å². The largest absolute Gasteiger partial charge is 0.370 e. The topological polar surface area (TPSA) is 29.5 Å². The van der Waals surface area contributed by atoms with Crippen molar-refractivity contribution in [2.45, 2.75) is 6.10 Å². The second kappa shape index (κ2) is 7.40. The van der Waals surface area contributed by atoms with E-state index < -0.39 is 0 Å². The normalized spacial score (nSPS) is 17.3. The number of hydrogen-bond donors (Lipinski definition) is 0. The van der Waals surface area contributed by atoms with Gasteiger partial charge < -0.3 is 9.64 Å². The summed E-state index contributed by atoms with van der Waals surface area (Å²) in [6.45, 7) is 1.60. The SMILES string of the molecule is O=C(c1ccc(-c2ccccc2F)s1)N1CCOC(c2ccccc2)C1. The highest BCUT2D eigenvalue weighted by Crippen LogP contribution is 2.31. The van der Waals surface area contributed by atoms with Gasteiger partial charge in [-0.1, -0.05) is 48.5 Å². The molecule has 1 fully saturated rings.